The maximum atomic E-state index is 13.2. The molecule has 3 N–H and O–H groups in total. The smallest absolute Gasteiger partial charge is 0.315 e. The van der Waals surface area contributed by atoms with Crippen molar-refractivity contribution in [1.82, 2.24) is 20.3 Å². The van der Waals surface area contributed by atoms with Crippen molar-refractivity contribution in [2.24, 2.45) is 0 Å². The van der Waals surface area contributed by atoms with Crippen LogP contribution in [0, 0.1) is 0 Å². The molecule has 1 saturated carbocycles. The molecule has 0 unspecified atom stereocenters. The van der Waals surface area contributed by atoms with Gasteiger partial charge in [-0.2, -0.15) is 0 Å². The summed E-state index contributed by atoms with van der Waals surface area (Å²) in [6, 6.07) is 19.9. The number of carbonyl (C=O) groups is 1. The van der Waals surface area contributed by atoms with Crippen LogP contribution in [-0.4, -0.2) is 31.5 Å². The molecule has 172 valence electrons. The Morgan fingerprint density at radius 3 is 2.30 bits per heavy atom. The minimum atomic E-state index is -3.67. The number of sulfonamides is 1. The number of pyridine rings is 1. The van der Waals surface area contributed by atoms with E-state index in [-0.39, 0.29) is 23.0 Å². The monoisotopic (exact) mass is 464 g/mol. The van der Waals surface area contributed by atoms with Gasteiger partial charge in [-0.05, 0) is 48.9 Å². The lowest BCUT2D eigenvalue weighted by Crippen LogP contribution is -2.46. The summed E-state index contributed by atoms with van der Waals surface area (Å²) in [4.78, 5) is 16.5. The first-order valence-corrected chi connectivity index (χ1v) is 12.6. The summed E-state index contributed by atoms with van der Waals surface area (Å²) < 4.78 is 29.2. The van der Waals surface area contributed by atoms with Gasteiger partial charge in [0.25, 0.3) is 0 Å². The maximum Gasteiger partial charge on any atom is 0.315 e. The Morgan fingerprint density at radius 1 is 0.879 bits per heavy atom. The topological polar surface area (TPSA) is 100 Å². The molecular weight excluding hydrogens is 436 g/mol. The van der Waals surface area contributed by atoms with Crippen molar-refractivity contribution >= 4 is 16.1 Å². The number of nitrogens with one attached hydrogen (secondary N) is 3. The summed E-state index contributed by atoms with van der Waals surface area (Å²) >= 11 is 0. The second-order valence-electron chi connectivity index (χ2n) is 8.22. The summed E-state index contributed by atoms with van der Waals surface area (Å²) in [5.41, 5.74) is 2.48. The van der Waals surface area contributed by atoms with Crippen LogP contribution in [0.3, 0.4) is 0 Å². The van der Waals surface area contributed by atoms with Crippen LogP contribution >= 0.6 is 0 Å². The van der Waals surface area contributed by atoms with Crippen molar-refractivity contribution in [1.29, 1.82) is 0 Å². The number of rotatable bonds is 7. The first-order valence-electron chi connectivity index (χ1n) is 11.1. The van der Waals surface area contributed by atoms with Crippen LogP contribution in [0.15, 0.2) is 84.0 Å². The van der Waals surface area contributed by atoms with E-state index in [9.17, 15) is 13.2 Å². The first kappa shape index (κ1) is 22.9. The van der Waals surface area contributed by atoms with E-state index in [2.05, 4.69) is 20.3 Å². The number of hydrogen-bond acceptors (Lipinski definition) is 4. The summed E-state index contributed by atoms with van der Waals surface area (Å²) in [6.07, 6.45) is 6.17. The minimum absolute atomic E-state index is 0.0243. The highest BCUT2D eigenvalue weighted by Crippen LogP contribution is 2.28. The number of hydrogen-bond donors (Lipinski definition) is 3. The van der Waals surface area contributed by atoms with Gasteiger partial charge in [0, 0.05) is 36.6 Å². The molecule has 3 aromatic rings. The average molecular weight is 465 g/mol. The van der Waals surface area contributed by atoms with E-state index in [1.54, 1.807) is 24.5 Å². The van der Waals surface area contributed by atoms with Gasteiger partial charge >= 0.3 is 6.03 Å². The molecule has 0 spiro atoms. The van der Waals surface area contributed by atoms with Crippen LogP contribution in [0.5, 0.6) is 0 Å². The Balaban J connectivity index is 1.31. The molecule has 0 saturated heterocycles. The van der Waals surface area contributed by atoms with Crippen molar-refractivity contribution in [2.75, 3.05) is 0 Å². The number of carbonyl (C=O) groups excluding carboxylic acids is 1. The Labute approximate surface area is 194 Å². The highest BCUT2D eigenvalue weighted by Gasteiger charge is 2.27. The van der Waals surface area contributed by atoms with Gasteiger partial charge in [-0.3, -0.25) is 4.98 Å². The zero-order valence-electron chi connectivity index (χ0n) is 18.3. The number of nitrogens with zero attached hydrogens (tertiary/aromatic N) is 1. The molecule has 8 heteroatoms. The van der Waals surface area contributed by atoms with Crippen LogP contribution in [0.2, 0.25) is 0 Å². The van der Waals surface area contributed by atoms with Gasteiger partial charge in [-0.15, -0.1) is 0 Å². The van der Waals surface area contributed by atoms with Crippen LogP contribution in [0.4, 0.5) is 4.79 Å². The Bertz CT molecular complexity index is 1160. The summed E-state index contributed by atoms with van der Waals surface area (Å²) in [7, 11) is -3.67. The molecule has 0 radical (unpaired) electrons. The van der Waals surface area contributed by atoms with Crippen LogP contribution < -0.4 is 15.4 Å². The third-order valence-electron chi connectivity index (χ3n) is 5.82. The zero-order valence-corrected chi connectivity index (χ0v) is 19.1. The van der Waals surface area contributed by atoms with Gasteiger partial charge in [0.2, 0.25) is 10.0 Å². The molecule has 0 atom stereocenters. The molecule has 1 aromatic heterocycles. The third kappa shape index (κ3) is 6.18. The van der Waals surface area contributed by atoms with E-state index < -0.39 is 10.0 Å². The van der Waals surface area contributed by atoms with Crippen LogP contribution in [0.1, 0.15) is 31.2 Å². The van der Waals surface area contributed by atoms with Crippen LogP contribution in [0.25, 0.3) is 11.1 Å². The molecule has 33 heavy (non-hydrogen) atoms. The lowest BCUT2D eigenvalue weighted by molar-refractivity contribution is 0.230. The molecule has 1 aliphatic rings. The van der Waals surface area contributed by atoms with E-state index in [0.717, 1.165) is 11.1 Å². The fraction of sp³-hybridized carbons (Fsp3) is 0.280. The van der Waals surface area contributed by atoms with E-state index in [4.69, 9.17) is 0 Å². The van der Waals surface area contributed by atoms with Crippen molar-refractivity contribution in [3.05, 3.63) is 84.7 Å². The molecule has 1 aliphatic carbocycles. The van der Waals surface area contributed by atoms with Gasteiger partial charge in [0.1, 0.15) is 0 Å². The predicted molar refractivity (Wildman–Crippen MR) is 128 cm³/mol. The van der Waals surface area contributed by atoms with Crippen molar-refractivity contribution in [2.45, 2.75) is 49.2 Å². The number of urea groups is 1. The van der Waals surface area contributed by atoms with Crippen LogP contribution in [-0.2, 0) is 16.6 Å². The minimum Gasteiger partial charge on any atom is -0.335 e. The van der Waals surface area contributed by atoms with Gasteiger partial charge in [-0.25, -0.2) is 17.9 Å². The maximum absolute atomic E-state index is 13.2. The SMILES string of the molecule is O=C(NCc1cccnc1)N[C@H]1CC[C@H](NS(=O)(=O)c2ccccc2-c2ccccc2)CC1. The Morgan fingerprint density at radius 2 is 1.58 bits per heavy atom. The third-order valence-corrected chi connectivity index (χ3v) is 7.40. The molecule has 1 fully saturated rings. The molecule has 1 heterocycles. The van der Waals surface area contributed by atoms with Crippen molar-refractivity contribution in [3.63, 3.8) is 0 Å². The highest BCUT2D eigenvalue weighted by molar-refractivity contribution is 7.89. The fourth-order valence-corrected chi connectivity index (χ4v) is 5.65. The Kier molecular flexibility index (Phi) is 7.36. The quantitative estimate of drug-likeness (QED) is 0.495. The molecular formula is C25H28N4O3S. The van der Waals surface area contributed by atoms with Gasteiger partial charge in [0.05, 0.1) is 4.90 Å². The number of amides is 2. The highest BCUT2D eigenvalue weighted by atomic mass is 32.2. The summed E-state index contributed by atoms with van der Waals surface area (Å²) in [6.45, 7) is 0.412. The number of aromatic nitrogens is 1. The van der Waals surface area contributed by atoms with E-state index in [1.165, 1.54) is 0 Å². The molecule has 2 aromatic carbocycles. The second kappa shape index (κ2) is 10.6. The van der Waals surface area contributed by atoms with Crippen molar-refractivity contribution < 1.29 is 13.2 Å². The van der Waals surface area contributed by atoms with E-state index in [1.807, 2.05) is 54.6 Å². The van der Waals surface area contributed by atoms with E-state index >= 15 is 0 Å². The molecule has 4 rings (SSSR count). The van der Waals surface area contributed by atoms with Crippen molar-refractivity contribution in [3.8, 4) is 11.1 Å². The summed E-state index contributed by atoms with van der Waals surface area (Å²) in [5, 5.41) is 5.82. The molecule has 0 aliphatic heterocycles. The normalized spacial score (nSPS) is 18.4. The largest absolute Gasteiger partial charge is 0.335 e. The molecule has 7 nitrogen and oxygen atoms in total. The predicted octanol–water partition coefficient (Wildman–Crippen LogP) is 3.84. The fourth-order valence-electron chi connectivity index (χ4n) is 4.12. The standard InChI is InChI=1S/C25H28N4O3S/c30-25(27-18-19-7-6-16-26-17-19)28-21-12-14-22(15-13-21)29-33(31,32)24-11-5-4-10-23(24)20-8-2-1-3-9-20/h1-11,16-17,21-22,29H,12-15,18H2,(H2,27,28,30)/t21-,22-. The second-order valence-corrected chi connectivity index (χ2v) is 9.90. The van der Waals surface area contributed by atoms with Gasteiger partial charge < -0.3 is 10.6 Å². The lowest BCUT2D eigenvalue weighted by atomic mass is 9.92. The molecule has 2 amide bonds. The van der Waals surface area contributed by atoms with Gasteiger partial charge in [0.15, 0.2) is 0 Å². The molecule has 0 bridgehead atoms. The number of benzene rings is 2. The summed E-state index contributed by atoms with van der Waals surface area (Å²) in [5.74, 6) is 0. The van der Waals surface area contributed by atoms with Gasteiger partial charge in [-0.1, -0.05) is 54.6 Å². The Hall–Kier alpha value is -3.23. The first-order chi connectivity index (χ1) is 16.0. The van der Waals surface area contributed by atoms with E-state index in [0.29, 0.717) is 37.8 Å². The average Bonchev–Trinajstić information content (AvgIpc) is 2.85. The lowest BCUT2D eigenvalue weighted by Gasteiger charge is -2.29. The zero-order chi connectivity index (χ0) is 23.1.